The summed E-state index contributed by atoms with van der Waals surface area (Å²) in [6.45, 7) is 1.22. The van der Waals surface area contributed by atoms with E-state index in [1.54, 1.807) is 12.1 Å². The summed E-state index contributed by atoms with van der Waals surface area (Å²) < 4.78 is 105. The van der Waals surface area contributed by atoms with Crippen LogP contribution in [-0.4, -0.2) is 24.3 Å². The highest BCUT2D eigenvalue weighted by molar-refractivity contribution is 5.55. The standard InChI is InChI=1S/C27H22F7NO2/c28-22-9-6-19(7-10-22)24-25(37-15-13-35(24)17-18-4-2-1-3-5-18)36-14-12-20-16-21(26(29,30)31)8-11-23(20)27(32,33)34/h1-12,14,16,24-25H,13,15,17H2/t24-,25-/m0/s1. The van der Waals surface area contributed by atoms with Gasteiger partial charge in [0.25, 0.3) is 0 Å². The minimum atomic E-state index is -4.87. The van der Waals surface area contributed by atoms with Crippen LogP contribution < -0.4 is 0 Å². The third-order valence-electron chi connectivity index (χ3n) is 5.90. The lowest BCUT2D eigenvalue weighted by atomic mass is 10.0. The number of hydrogen-bond donors (Lipinski definition) is 0. The summed E-state index contributed by atoms with van der Waals surface area (Å²) in [6, 6.07) is 15.8. The van der Waals surface area contributed by atoms with Gasteiger partial charge in [0.15, 0.2) is 0 Å². The van der Waals surface area contributed by atoms with E-state index in [1.165, 1.54) is 12.1 Å². The Morgan fingerprint density at radius 2 is 1.59 bits per heavy atom. The van der Waals surface area contributed by atoms with Crippen LogP contribution in [0.25, 0.3) is 6.08 Å². The van der Waals surface area contributed by atoms with Gasteiger partial charge < -0.3 is 9.47 Å². The molecule has 1 fully saturated rings. The fourth-order valence-corrected chi connectivity index (χ4v) is 4.15. The molecular weight excluding hydrogens is 503 g/mol. The fourth-order valence-electron chi connectivity index (χ4n) is 4.15. The summed E-state index contributed by atoms with van der Waals surface area (Å²) in [6.07, 6.45) is -8.96. The first-order valence-electron chi connectivity index (χ1n) is 11.3. The van der Waals surface area contributed by atoms with E-state index in [4.69, 9.17) is 9.47 Å². The van der Waals surface area contributed by atoms with Gasteiger partial charge in [0.2, 0.25) is 6.29 Å². The van der Waals surface area contributed by atoms with Crippen LogP contribution in [0, 0.1) is 5.82 Å². The van der Waals surface area contributed by atoms with Crippen LogP contribution in [0.3, 0.4) is 0 Å². The van der Waals surface area contributed by atoms with E-state index in [-0.39, 0.29) is 6.61 Å². The van der Waals surface area contributed by atoms with Gasteiger partial charge in [-0.05, 0) is 53.1 Å². The fraction of sp³-hybridized carbons (Fsp3) is 0.259. The van der Waals surface area contributed by atoms with Crippen molar-refractivity contribution in [2.45, 2.75) is 31.2 Å². The van der Waals surface area contributed by atoms with E-state index in [1.807, 2.05) is 35.2 Å². The topological polar surface area (TPSA) is 21.7 Å². The predicted octanol–water partition coefficient (Wildman–Crippen LogP) is 7.45. The van der Waals surface area contributed by atoms with E-state index in [0.29, 0.717) is 36.9 Å². The molecule has 0 saturated carbocycles. The molecule has 0 radical (unpaired) electrons. The third-order valence-corrected chi connectivity index (χ3v) is 5.90. The summed E-state index contributed by atoms with van der Waals surface area (Å²) in [5, 5.41) is 0. The van der Waals surface area contributed by atoms with Crippen molar-refractivity contribution in [1.82, 2.24) is 4.90 Å². The molecule has 3 nitrogen and oxygen atoms in total. The van der Waals surface area contributed by atoms with Gasteiger partial charge in [-0.25, -0.2) is 4.39 Å². The molecule has 37 heavy (non-hydrogen) atoms. The van der Waals surface area contributed by atoms with Gasteiger partial charge in [-0.1, -0.05) is 42.5 Å². The normalized spacial score (nSPS) is 19.3. The Kier molecular flexibility index (Phi) is 7.89. The molecule has 10 heteroatoms. The van der Waals surface area contributed by atoms with Crippen molar-refractivity contribution in [1.29, 1.82) is 0 Å². The first kappa shape index (κ1) is 26.7. The van der Waals surface area contributed by atoms with E-state index >= 15 is 0 Å². The molecule has 0 N–H and O–H groups in total. The van der Waals surface area contributed by atoms with Gasteiger partial charge in [0.1, 0.15) is 5.82 Å². The minimum Gasteiger partial charge on any atom is -0.470 e. The van der Waals surface area contributed by atoms with Crippen LogP contribution in [0.2, 0.25) is 0 Å². The molecule has 196 valence electrons. The van der Waals surface area contributed by atoms with E-state index in [0.717, 1.165) is 17.9 Å². The van der Waals surface area contributed by atoms with Crippen molar-refractivity contribution >= 4 is 6.08 Å². The maximum atomic E-state index is 13.6. The monoisotopic (exact) mass is 525 g/mol. The highest BCUT2D eigenvalue weighted by Gasteiger charge is 2.37. The lowest BCUT2D eigenvalue weighted by Crippen LogP contribution is -2.45. The molecule has 3 aromatic rings. The number of nitrogens with zero attached hydrogens (tertiary/aromatic N) is 1. The van der Waals surface area contributed by atoms with Gasteiger partial charge in [0, 0.05) is 13.1 Å². The smallest absolute Gasteiger partial charge is 0.416 e. The second-order valence-electron chi connectivity index (χ2n) is 8.43. The zero-order valence-corrected chi connectivity index (χ0v) is 19.3. The number of benzene rings is 3. The Bertz CT molecular complexity index is 1210. The van der Waals surface area contributed by atoms with Gasteiger partial charge in [-0.3, -0.25) is 4.90 Å². The first-order valence-corrected chi connectivity index (χ1v) is 11.3. The van der Waals surface area contributed by atoms with Crippen molar-refractivity contribution < 1.29 is 40.2 Å². The largest absolute Gasteiger partial charge is 0.470 e. The molecule has 1 heterocycles. The van der Waals surface area contributed by atoms with E-state index in [9.17, 15) is 30.7 Å². The van der Waals surface area contributed by atoms with E-state index in [2.05, 4.69) is 0 Å². The Labute approximate surface area is 208 Å². The Morgan fingerprint density at radius 3 is 2.24 bits per heavy atom. The van der Waals surface area contributed by atoms with Crippen molar-refractivity contribution in [2.24, 2.45) is 0 Å². The number of rotatable bonds is 6. The van der Waals surface area contributed by atoms with Gasteiger partial charge >= 0.3 is 12.4 Å². The number of halogens is 7. The quantitative estimate of drug-likeness (QED) is 0.247. The molecule has 1 aliphatic rings. The van der Waals surface area contributed by atoms with E-state index < -0.39 is 47.2 Å². The minimum absolute atomic E-state index is 0.237. The molecule has 0 bridgehead atoms. The van der Waals surface area contributed by atoms with Gasteiger partial charge in [-0.2, -0.15) is 26.3 Å². The molecular formula is C27H22F7NO2. The summed E-state index contributed by atoms with van der Waals surface area (Å²) in [5.74, 6) is -0.448. The number of ether oxygens (including phenoxy) is 2. The molecule has 0 amide bonds. The van der Waals surface area contributed by atoms with Crippen LogP contribution in [0.4, 0.5) is 30.7 Å². The molecule has 4 rings (SSSR count). The lowest BCUT2D eigenvalue weighted by Gasteiger charge is -2.40. The predicted molar refractivity (Wildman–Crippen MR) is 122 cm³/mol. The average Bonchev–Trinajstić information content (AvgIpc) is 2.84. The first-order chi connectivity index (χ1) is 17.5. The summed E-state index contributed by atoms with van der Waals surface area (Å²) in [5.41, 5.74) is -1.51. The van der Waals surface area contributed by atoms with Gasteiger partial charge in [0.05, 0.1) is 30.0 Å². The molecule has 0 unspecified atom stereocenters. The van der Waals surface area contributed by atoms with Crippen LogP contribution >= 0.6 is 0 Å². The number of morpholine rings is 1. The maximum absolute atomic E-state index is 13.6. The van der Waals surface area contributed by atoms with Crippen LogP contribution in [0.1, 0.15) is 33.9 Å². The second kappa shape index (κ2) is 10.9. The average molecular weight is 525 g/mol. The van der Waals surface area contributed by atoms with Crippen molar-refractivity contribution in [2.75, 3.05) is 13.2 Å². The molecule has 1 aliphatic heterocycles. The van der Waals surface area contributed by atoms with Crippen LogP contribution in [0.5, 0.6) is 0 Å². The number of alkyl halides is 6. The molecule has 0 aliphatic carbocycles. The van der Waals surface area contributed by atoms with Crippen molar-refractivity contribution in [3.63, 3.8) is 0 Å². The van der Waals surface area contributed by atoms with Crippen LogP contribution in [0.15, 0.2) is 79.1 Å². The maximum Gasteiger partial charge on any atom is 0.416 e. The molecule has 3 aromatic carbocycles. The second-order valence-corrected chi connectivity index (χ2v) is 8.43. The molecule has 0 aromatic heterocycles. The zero-order chi connectivity index (χ0) is 26.6. The Morgan fingerprint density at radius 1 is 0.892 bits per heavy atom. The highest BCUT2D eigenvalue weighted by Crippen LogP contribution is 2.37. The van der Waals surface area contributed by atoms with Crippen molar-refractivity contribution in [3.8, 4) is 0 Å². The third kappa shape index (κ3) is 6.69. The zero-order valence-electron chi connectivity index (χ0n) is 19.3. The Balaban J connectivity index is 1.62. The number of hydrogen-bond acceptors (Lipinski definition) is 3. The summed E-state index contributed by atoms with van der Waals surface area (Å²) in [7, 11) is 0. The summed E-state index contributed by atoms with van der Waals surface area (Å²) in [4.78, 5) is 2.02. The lowest BCUT2D eigenvalue weighted by molar-refractivity contribution is -0.187. The highest BCUT2D eigenvalue weighted by atomic mass is 19.4. The summed E-state index contributed by atoms with van der Waals surface area (Å²) >= 11 is 0. The van der Waals surface area contributed by atoms with Gasteiger partial charge in [-0.15, -0.1) is 0 Å². The molecule has 2 atom stereocenters. The molecule has 1 saturated heterocycles. The Hall–Kier alpha value is -3.37. The van der Waals surface area contributed by atoms with Crippen LogP contribution in [-0.2, 0) is 28.4 Å². The van der Waals surface area contributed by atoms with Crippen molar-refractivity contribution in [3.05, 3.63) is 113 Å². The SMILES string of the molecule is Fc1ccc([C@H]2[C@@H](OC=Cc3cc(C(F)(F)F)ccc3C(F)(F)F)OCCN2Cc2ccccc2)cc1. The molecule has 0 spiro atoms.